The summed E-state index contributed by atoms with van der Waals surface area (Å²) in [6, 6.07) is 3.24. The number of hydrogen-bond acceptors (Lipinski definition) is 5. The van der Waals surface area contributed by atoms with Gasteiger partial charge in [0.2, 0.25) is 9.84 Å². The van der Waals surface area contributed by atoms with E-state index in [0.717, 1.165) is 24.0 Å². The van der Waals surface area contributed by atoms with E-state index in [-0.39, 0.29) is 22.5 Å². The highest BCUT2D eigenvalue weighted by Crippen LogP contribution is 2.50. The summed E-state index contributed by atoms with van der Waals surface area (Å²) in [6.07, 6.45) is 7.16. The second kappa shape index (κ2) is 7.59. The molecule has 1 aromatic rings. The lowest BCUT2D eigenvalue weighted by atomic mass is 9.63. The molecular formula is C20H28O5S. The van der Waals surface area contributed by atoms with Crippen LogP contribution < -0.4 is 4.74 Å². The van der Waals surface area contributed by atoms with E-state index in [9.17, 15) is 8.42 Å². The summed E-state index contributed by atoms with van der Waals surface area (Å²) >= 11 is 0. The smallest absolute Gasteiger partial charge is 0.245 e. The Balaban J connectivity index is 2.53. The topological polar surface area (TPSA) is 61.8 Å². The van der Waals surface area contributed by atoms with Crippen LogP contribution in [0.5, 0.6) is 5.75 Å². The van der Waals surface area contributed by atoms with Crippen LogP contribution in [0.15, 0.2) is 17.0 Å². The summed E-state index contributed by atoms with van der Waals surface area (Å²) in [5.74, 6) is 0.520. The molecule has 144 valence electrons. The molecule has 0 spiro atoms. The third kappa shape index (κ3) is 4.22. The normalized spacial score (nSPS) is 18.0. The van der Waals surface area contributed by atoms with Crippen molar-refractivity contribution in [2.24, 2.45) is 0 Å². The van der Waals surface area contributed by atoms with Gasteiger partial charge < -0.3 is 14.2 Å². The third-order valence-corrected chi connectivity index (χ3v) is 6.22. The van der Waals surface area contributed by atoms with Crippen LogP contribution in [0.1, 0.15) is 51.7 Å². The van der Waals surface area contributed by atoms with Crippen LogP contribution in [0.3, 0.4) is 0 Å². The molecule has 2 rings (SSSR count). The maximum Gasteiger partial charge on any atom is 0.245 e. The first-order valence-electron chi connectivity index (χ1n) is 8.66. The third-order valence-electron chi connectivity index (χ3n) is 5.05. The lowest BCUT2D eigenvalue weighted by Crippen LogP contribution is -2.34. The van der Waals surface area contributed by atoms with Gasteiger partial charge in [0.25, 0.3) is 0 Å². The predicted molar refractivity (Wildman–Crippen MR) is 101 cm³/mol. The molecule has 0 atom stereocenters. The predicted octanol–water partition coefficient (Wildman–Crippen LogP) is 3.40. The molecule has 0 saturated heterocycles. The standard InChI is InChI=1S/C20H28O5S/c1-7-26(21,22)15-12-16-18(20(4,5)9-8-19(16,2)3)17(13-15)25-14-24-11-10-23-6/h1,12-13H,8-11,14H2,2-6H3. The van der Waals surface area contributed by atoms with Gasteiger partial charge in [0, 0.05) is 24.0 Å². The van der Waals surface area contributed by atoms with Crippen molar-refractivity contribution in [3.63, 3.8) is 0 Å². The number of hydrogen-bond donors (Lipinski definition) is 0. The molecule has 0 N–H and O–H groups in total. The molecule has 1 aliphatic rings. The molecule has 0 unspecified atom stereocenters. The van der Waals surface area contributed by atoms with Crippen molar-refractivity contribution in [1.82, 2.24) is 0 Å². The van der Waals surface area contributed by atoms with Gasteiger partial charge >= 0.3 is 0 Å². The minimum Gasteiger partial charge on any atom is -0.467 e. The molecule has 6 heteroatoms. The van der Waals surface area contributed by atoms with Gasteiger partial charge in [0.15, 0.2) is 6.79 Å². The Morgan fingerprint density at radius 1 is 1.12 bits per heavy atom. The highest BCUT2D eigenvalue weighted by atomic mass is 32.2. The zero-order valence-electron chi connectivity index (χ0n) is 16.2. The van der Waals surface area contributed by atoms with Crippen LogP contribution in [0.4, 0.5) is 0 Å². The maximum atomic E-state index is 12.3. The van der Waals surface area contributed by atoms with Crippen molar-refractivity contribution in [2.75, 3.05) is 27.1 Å². The summed E-state index contributed by atoms with van der Waals surface area (Å²) in [4.78, 5) is 0.0939. The quantitative estimate of drug-likeness (QED) is 0.314. The van der Waals surface area contributed by atoms with E-state index in [1.54, 1.807) is 13.2 Å². The van der Waals surface area contributed by atoms with E-state index in [0.29, 0.717) is 19.0 Å². The van der Waals surface area contributed by atoms with Gasteiger partial charge in [0.05, 0.1) is 18.1 Å². The summed E-state index contributed by atoms with van der Waals surface area (Å²) in [6.45, 7) is 9.41. The van der Waals surface area contributed by atoms with E-state index in [4.69, 9.17) is 20.6 Å². The average molecular weight is 381 g/mol. The molecule has 0 radical (unpaired) electrons. The Kier molecular flexibility index (Phi) is 6.06. The minimum absolute atomic E-state index is 0.0197. The molecule has 5 nitrogen and oxygen atoms in total. The van der Waals surface area contributed by atoms with E-state index >= 15 is 0 Å². The second-order valence-electron chi connectivity index (χ2n) is 7.90. The summed E-state index contributed by atoms with van der Waals surface area (Å²) in [5, 5.41) is 1.89. The van der Waals surface area contributed by atoms with Crippen molar-refractivity contribution in [3.8, 4) is 17.4 Å². The maximum absolute atomic E-state index is 12.3. The first-order valence-corrected chi connectivity index (χ1v) is 10.1. The molecule has 1 aliphatic carbocycles. The van der Waals surface area contributed by atoms with E-state index in [2.05, 4.69) is 27.7 Å². The van der Waals surface area contributed by atoms with E-state index in [1.165, 1.54) is 6.07 Å². The van der Waals surface area contributed by atoms with Crippen LogP contribution in [0, 0.1) is 11.7 Å². The van der Waals surface area contributed by atoms with Crippen molar-refractivity contribution < 1.29 is 22.6 Å². The fraction of sp³-hybridized carbons (Fsp3) is 0.600. The molecule has 0 bridgehead atoms. The Labute approximate surface area is 157 Å². The van der Waals surface area contributed by atoms with Gasteiger partial charge in [-0.15, -0.1) is 6.42 Å². The molecule has 0 amide bonds. The Morgan fingerprint density at radius 3 is 2.38 bits per heavy atom. The van der Waals surface area contributed by atoms with Crippen LogP contribution in [0.2, 0.25) is 0 Å². The Bertz CT molecular complexity index is 800. The highest BCUT2D eigenvalue weighted by molar-refractivity contribution is 7.96. The Hall–Kier alpha value is -1.55. The molecule has 26 heavy (non-hydrogen) atoms. The fourth-order valence-electron chi connectivity index (χ4n) is 3.35. The average Bonchev–Trinajstić information content (AvgIpc) is 2.58. The zero-order valence-corrected chi connectivity index (χ0v) is 17.0. The Morgan fingerprint density at radius 2 is 1.77 bits per heavy atom. The van der Waals surface area contributed by atoms with E-state index in [1.807, 2.05) is 5.25 Å². The van der Waals surface area contributed by atoms with Crippen LogP contribution in [-0.4, -0.2) is 35.5 Å². The van der Waals surface area contributed by atoms with Gasteiger partial charge in [-0.3, -0.25) is 0 Å². The number of methoxy groups -OCH3 is 1. The number of ether oxygens (including phenoxy) is 3. The summed E-state index contributed by atoms with van der Waals surface area (Å²) in [7, 11) is -2.20. The van der Waals surface area contributed by atoms with Gasteiger partial charge in [-0.25, -0.2) is 8.42 Å². The van der Waals surface area contributed by atoms with Gasteiger partial charge in [-0.05, 0) is 35.3 Å². The number of terminal acetylenes is 1. The van der Waals surface area contributed by atoms with Gasteiger partial charge in [0.1, 0.15) is 5.75 Å². The van der Waals surface area contributed by atoms with Crippen molar-refractivity contribution in [1.29, 1.82) is 0 Å². The number of fused-ring (bicyclic) bond motifs is 1. The molecule has 0 aliphatic heterocycles. The minimum atomic E-state index is -3.79. The van der Waals surface area contributed by atoms with Gasteiger partial charge in [-0.2, -0.15) is 0 Å². The molecular weight excluding hydrogens is 352 g/mol. The van der Waals surface area contributed by atoms with Gasteiger partial charge in [-0.1, -0.05) is 27.7 Å². The lowest BCUT2D eigenvalue weighted by Gasteiger charge is -2.42. The van der Waals surface area contributed by atoms with Crippen molar-refractivity contribution in [3.05, 3.63) is 23.3 Å². The molecule has 0 saturated carbocycles. The second-order valence-corrected chi connectivity index (χ2v) is 9.61. The molecule has 1 aromatic carbocycles. The van der Waals surface area contributed by atoms with Crippen LogP contribution >= 0.6 is 0 Å². The van der Waals surface area contributed by atoms with Crippen LogP contribution in [-0.2, 0) is 30.1 Å². The fourth-order valence-corrected chi connectivity index (χ4v) is 4.02. The number of rotatable bonds is 7. The zero-order chi connectivity index (χ0) is 19.6. The molecule has 0 aromatic heterocycles. The highest BCUT2D eigenvalue weighted by Gasteiger charge is 2.40. The number of sulfone groups is 1. The molecule has 0 heterocycles. The van der Waals surface area contributed by atoms with Crippen molar-refractivity contribution >= 4 is 9.84 Å². The largest absolute Gasteiger partial charge is 0.467 e. The van der Waals surface area contributed by atoms with E-state index < -0.39 is 9.84 Å². The monoisotopic (exact) mass is 380 g/mol. The first-order chi connectivity index (χ1) is 12.0. The summed E-state index contributed by atoms with van der Waals surface area (Å²) in [5.41, 5.74) is 1.70. The lowest BCUT2D eigenvalue weighted by molar-refractivity contribution is -0.00963. The van der Waals surface area contributed by atoms with Crippen molar-refractivity contribution in [2.45, 2.75) is 56.3 Å². The molecule has 0 fully saturated rings. The van der Waals surface area contributed by atoms with Crippen LogP contribution in [0.25, 0.3) is 0 Å². The first kappa shape index (κ1) is 20.8. The number of benzene rings is 1. The summed E-state index contributed by atoms with van der Waals surface area (Å²) < 4.78 is 40.8. The SMILES string of the molecule is C#CS(=O)(=O)c1cc(OCOCCOC)c2c(c1)C(C)(C)CCC2(C)C.